The molecule has 1 aliphatic rings. The number of nitrogens with one attached hydrogen (secondary N) is 1. The molecule has 6 heteroatoms. The average molecular weight is 453 g/mol. The fraction of sp³-hybridized carbons (Fsp3) is 0.143. The molecule has 5 rings (SSSR count). The third kappa shape index (κ3) is 3.53. The van der Waals surface area contributed by atoms with Gasteiger partial charge in [-0.25, -0.2) is 0 Å². The lowest BCUT2D eigenvalue weighted by Crippen LogP contribution is -2.29. The van der Waals surface area contributed by atoms with E-state index in [1.807, 2.05) is 56.3 Å². The van der Waals surface area contributed by atoms with Crippen molar-refractivity contribution in [3.8, 4) is 5.75 Å². The maximum absolute atomic E-state index is 13.3. The van der Waals surface area contributed by atoms with Crippen LogP contribution in [-0.4, -0.2) is 31.8 Å². The number of nitrogens with zero attached hydrogens (tertiary/aromatic N) is 1. The van der Waals surface area contributed by atoms with Crippen molar-refractivity contribution >= 4 is 28.4 Å². The summed E-state index contributed by atoms with van der Waals surface area (Å²) >= 11 is 0. The highest BCUT2D eigenvalue weighted by atomic mass is 16.3. The van der Waals surface area contributed by atoms with Gasteiger partial charge in [0, 0.05) is 29.2 Å². The van der Waals surface area contributed by atoms with Crippen molar-refractivity contribution in [2.45, 2.75) is 26.4 Å². The number of amides is 1. The summed E-state index contributed by atoms with van der Waals surface area (Å²) in [5.41, 5.74) is 4.93. The lowest BCUT2D eigenvalue weighted by Gasteiger charge is -2.26. The van der Waals surface area contributed by atoms with E-state index in [1.54, 1.807) is 18.3 Å². The largest absolute Gasteiger partial charge is 0.508 e. The van der Waals surface area contributed by atoms with Crippen molar-refractivity contribution in [3.63, 3.8) is 0 Å². The standard InChI is InChI=1S/C28H24N2O4/c1-16-7-8-17(2)19(13-16)15-30-25(18-9-11-20(31)12-10-18)24(27(33)28(30)34)26(32)22-14-29-23-6-4-3-5-21(22)23/h3-14,25,29,31-32H,15H2,1-2H3/b26-24-. The first-order valence-corrected chi connectivity index (χ1v) is 11.0. The molecule has 1 aromatic heterocycles. The summed E-state index contributed by atoms with van der Waals surface area (Å²) in [6.45, 7) is 4.16. The minimum absolute atomic E-state index is 0.0331. The molecule has 1 amide bonds. The third-order valence-corrected chi connectivity index (χ3v) is 6.44. The fourth-order valence-corrected chi connectivity index (χ4v) is 4.61. The van der Waals surface area contributed by atoms with Crippen molar-refractivity contribution < 1.29 is 19.8 Å². The monoisotopic (exact) mass is 452 g/mol. The Morgan fingerprint density at radius 2 is 1.74 bits per heavy atom. The van der Waals surface area contributed by atoms with E-state index in [0.29, 0.717) is 11.1 Å². The number of carbonyl (C=O) groups is 2. The number of likely N-dealkylation sites (tertiary alicyclic amines) is 1. The number of hydrogen-bond donors (Lipinski definition) is 3. The van der Waals surface area contributed by atoms with E-state index in [2.05, 4.69) is 4.98 Å². The summed E-state index contributed by atoms with van der Waals surface area (Å²) in [6.07, 6.45) is 1.64. The van der Waals surface area contributed by atoms with Crippen LogP contribution < -0.4 is 0 Å². The summed E-state index contributed by atoms with van der Waals surface area (Å²) in [6, 6.07) is 19.0. The van der Waals surface area contributed by atoms with Crippen LogP contribution in [0.1, 0.15) is 33.9 Å². The van der Waals surface area contributed by atoms with Crippen LogP contribution in [0, 0.1) is 13.8 Å². The van der Waals surface area contributed by atoms with Crippen molar-refractivity contribution in [1.29, 1.82) is 0 Å². The van der Waals surface area contributed by atoms with Gasteiger partial charge in [-0.1, -0.05) is 54.1 Å². The molecule has 1 unspecified atom stereocenters. The maximum Gasteiger partial charge on any atom is 0.295 e. The molecule has 4 aromatic rings. The number of para-hydroxylation sites is 1. The van der Waals surface area contributed by atoms with E-state index in [-0.39, 0.29) is 23.6 Å². The van der Waals surface area contributed by atoms with Crippen molar-refractivity contribution in [3.05, 3.63) is 106 Å². The second-order valence-corrected chi connectivity index (χ2v) is 8.70. The number of fused-ring (bicyclic) bond motifs is 1. The maximum atomic E-state index is 13.3. The van der Waals surface area contributed by atoms with Crippen LogP contribution in [0.15, 0.2) is 78.5 Å². The van der Waals surface area contributed by atoms with Gasteiger partial charge in [-0.15, -0.1) is 0 Å². The van der Waals surface area contributed by atoms with Gasteiger partial charge in [0.2, 0.25) is 0 Å². The SMILES string of the molecule is Cc1ccc(C)c(CN2C(=O)C(=O)/C(=C(\O)c3c[nH]c4ccccc34)C2c2ccc(O)cc2)c1. The Hall–Kier alpha value is -4.32. The van der Waals surface area contributed by atoms with E-state index < -0.39 is 17.7 Å². The van der Waals surface area contributed by atoms with Crippen LogP contribution in [0.25, 0.3) is 16.7 Å². The molecule has 3 aromatic carbocycles. The zero-order valence-electron chi connectivity index (χ0n) is 18.9. The van der Waals surface area contributed by atoms with Crippen LogP contribution in [0.3, 0.4) is 0 Å². The number of H-pyrrole nitrogens is 1. The Balaban J connectivity index is 1.69. The lowest BCUT2D eigenvalue weighted by atomic mass is 9.94. The minimum atomic E-state index is -0.797. The van der Waals surface area contributed by atoms with Crippen LogP contribution in [-0.2, 0) is 16.1 Å². The van der Waals surface area contributed by atoms with E-state index in [0.717, 1.165) is 27.6 Å². The number of carbonyl (C=O) groups excluding carboxylic acids is 2. The summed E-state index contributed by atoms with van der Waals surface area (Å²) in [5.74, 6) is -1.55. The van der Waals surface area contributed by atoms with Gasteiger partial charge in [0.05, 0.1) is 11.6 Å². The van der Waals surface area contributed by atoms with Crippen molar-refractivity contribution in [2.24, 2.45) is 0 Å². The van der Waals surface area contributed by atoms with Gasteiger partial charge in [0.25, 0.3) is 11.7 Å². The Labute approximate surface area is 196 Å². The number of phenols is 1. The smallest absolute Gasteiger partial charge is 0.295 e. The molecule has 1 aliphatic heterocycles. The molecule has 0 saturated carbocycles. The molecule has 3 N–H and O–H groups in total. The number of Topliss-reactive ketones (excluding diaryl/α,β-unsaturated/α-hetero) is 1. The second kappa shape index (κ2) is 8.23. The molecular weight excluding hydrogens is 428 g/mol. The van der Waals surface area contributed by atoms with Gasteiger partial charge in [0.15, 0.2) is 0 Å². The zero-order valence-corrected chi connectivity index (χ0v) is 18.9. The van der Waals surface area contributed by atoms with Gasteiger partial charge in [-0.3, -0.25) is 9.59 Å². The number of benzene rings is 3. The molecule has 0 spiro atoms. The summed E-state index contributed by atoms with van der Waals surface area (Å²) in [5, 5.41) is 21.9. The number of aromatic nitrogens is 1. The van der Waals surface area contributed by atoms with Crippen LogP contribution >= 0.6 is 0 Å². The first-order valence-electron chi connectivity index (χ1n) is 11.0. The predicted octanol–water partition coefficient (Wildman–Crippen LogP) is 5.11. The van der Waals surface area contributed by atoms with E-state index >= 15 is 0 Å². The van der Waals surface area contributed by atoms with Crippen molar-refractivity contribution in [2.75, 3.05) is 0 Å². The second-order valence-electron chi connectivity index (χ2n) is 8.70. The van der Waals surface area contributed by atoms with Gasteiger partial charge in [-0.2, -0.15) is 0 Å². The highest BCUT2D eigenvalue weighted by molar-refractivity contribution is 6.46. The third-order valence-electron chi connectivity index (χ3n) is 6.44. The van der Waals surface area contributed by atoms with E-state index in [1.165, 1.54) is 17.0 Å². The van der Waals surface area contributed by atoms with Crippen LogP contribution in [0.4, 0.5) is 0 Å². The Kier molecular flexibility index (Phi) is 5.21. The number of phenolic OH excluding ortho intramolecular Hbond substituents is 1. The Bertz CT molecular complexity index is 1460. The fourth-order valence-electron chi connectivity index (χ4n) is 4.61. The first kappa shape index (κ1) is 21.5. The number of aromatic hydroxyl groups is 1. The number of aliphatic hydroxyl groups is 1. The first-order chi connectivity index (χ1) is 16.3. The highest BCUT2D eigenvalue weighted by Gasteiger charge is 2.46. The van der Waals surface area contributed by atoms with Gasteiger partial charge in [-0.05, 0) is 48.7 Å². The number of rotatable bonds is 4. The number of aryl methyl sites for hydroxylation is 2. The molecule has 2 heterocycles. The molecule has 170 valence electrons. The zero-order chi connectivity index (χ0) is 24.0. The molecule has 1 saturated heterocycles. The highest BCUT2D eigenvalue weighted by Crippen LogP contribution is 2.41. The summed E-state index contributed by atoms with van der Waals surface area (Å²) in [4.78, 5) is 31.2. The van der Waals surface area contributed by atoms with E-state index in [9.17, 15) is 19.8 Å². The summed E-state index contributed by atoms with van der Waals surface area (Å²) < 4.78 is 0. The number of aliphatic hydroxyl groups excluding tert-OH is 1. The van der Waals surface area contributed by atoms with Crippen molar-refractivity contribution in [1.82, 2.24) is 9.88 Å². The Morgan fingerprint density at radius 3 is 2.50 bits per heavy atom. The number of ketones is 1. The minimum Gasteiger partial charge on any atom is -0.508 e. The van der Waals surface area contributed by atoms with Gasteiger partial charge < -0.3 is 20.1 Å². The van der Waals surface area contributed by atoms with Gasteiger partial charge in [0.1, 0.15) is 11.5 Å². The number of hydrogen-bond acceptors (Lipinski definition) is 4. The lowest BCUT2D eigenvalue weighted by molar-refractivity contribution is -0.140. The molecule has 0 radical (unpaired) electrons. The normalized spacial score (nSPS) is 17.6. The molecule has 6 nitrogen and oxygen atoms in total. The quantitative estimate of drug-likeness (QED) is 0.228. The average Bonchev–Trinajstić information content (AvgIpc) is 3.36. The predicted molar refractivity (Wildman–Crippen MR) is 130 cm³/mol. The molecule has 1 atom stereocenters. The molecule has 1 fully saturated rings. The molecule has 34 heavy (non-hydrogen) atoms. The van der Waals surface area contributed by atoms with E-state index in [4.69, 9.17) is 0 Å². The van der Waals surface area contributed by atoms with Crippen LogP contribution in [0.5, 0.6) is 5.75 Å². The number of aromatic amines is 1. The topological polar surface area (TPSA) is 93.6 Å². The van der Waals surface area contributed by atoms with Gasteiger partial charge >= 0.3 is 0 Å². The molecular formula is C28H24N2O4. The molecule has 0 bridgehead atoms. The molecule has 0 aliphatic carbocycles. The summed E-state index contributed by atoms with van der Waals surface area (Å²) in [7, 11) is 0. The van der Waals surface area contributed by atoms with Crippen LogP contribution in [0.2, 0.25) is 0 Å². The Morgan fingerprint density at radius 1 is 1.00 bits per heavy atom.